The summed E-state index contributed by atoms with van der Waals surface area (Å²) in [6.45, 7) is 13.4. The highest BCUT2D eigenvalue weighted by Gasteiger charge is 2.29. The highest BCUT2D eigenvalue weighted by atomic mass is 32.1. The van der Waals surface area contributed by atoms with Crippen molar-refractivity contribution in [3.05, 3.63) is 4.88 Å². The molecule has 120 valence electrons. The predicted molar refractivity (Wildman–Crippen MR) is 91.1 cm³/mol. The molecule has 0 aliphatic carbocycles. The number of carbonyl (C=O) groups excluding carboxylic acids is 1. The van der Waals surface area contributed by atoms with Crippen LogP contribution in [0.15, 0.2) is 0 Å². The number of hydrogen-bond donors (Lipinski definition) is 2. The average Bonchev–Trinajstić information content (AvgIpc) is 2.66. The summed E-state index contributed by atoms with van der Waals surface area (Å²) in [5, 5.41) is 3.85. The van der Waals surface area contributed by atoms with Gasteiger partial charge in [0.05, 0.1) is 0 Å². The first-order valence-corrected chi connectivity index (χ1v) is 8.07. The number of nitrogens with one attached hydrogen (secondary N) is 1. The molecule has 1 heterocycles. The molecule has 21 heavy (non-hydrogen) atoms. The average molecular weight is 312 g/mol. The minimum atomic E-state index is -0.289. The van der Waals surface area contributed by atoms with Gasteiger partial charge in [0, 0.05) is 19.1 Å². The van der Waals surface area contributed by atoms with Crippen LogP contribution >= 0.6 is 11.3 Å². The molecule has 1 rings (SSSR count). The molecule has 6 heteroatoms. The third-order valence-corrected chi connectivity index (χ3v) is 4.26. The smallest absolute Gasteiger partial charge is 0.265 e. The maximum Gasteiger partial charge on any atom is 0.265 e. The van der Waals surface area contributed by atoms with Crippen molar-refractivity contribution < 1.29 is 4.79 Å². The highest BCUT2D eigenvalue weighted by molar-refractivity contribution is 7.18. The Bertz CT molecular complexity index is 502. The van der Waals surface area contributed by atoms with Crippen molar-refractivity contribution in [3.63, 3.8) is 0 Å². The molecule has 0 fully saturated rings. The number of rotatable bonds is 5. The number of nitrogens with zero attached hydrogens (tertiary/aromatic N) is 2. The Kier molecular flexibility index (Phi) is 5.25. The molecular weight excluding hydrogens is 284 g/mol. The van der Waals surface area contributed by atoms with Gasteiger partial charge in [-0.1, -0.05) is 32.1 Å². The van der Waals surface area contributed by atoms with Crippen LogP contribution < -0.4 is 16.0 Å². The molecule has 0 aliphatic rings. The fourth-order valence-corrected chi connectivity index (χ4v) is 3.42. The molecule has 0 radical (unpaired) electrons. The van der Waals surface area contributed by atoms with Gasteiger partial charge in [0.2, 0.25) is 0 Å². The maximum absolute atomic E-state index is 12.5. The van der Waals surface area contributed by atoms with E-state index in [9.17, 15) is 4.79 Å². The quantitative estimate of drug-likeness (QED) is 0.876. The Morgan fingerprint density at radius 3 is 2.38 bits per heavy atom. The fourth-order valence-electron chi connectivity index (χ4n) is 2.52. The van der Waals surface area contributed by atoms with Crippen LogP contribution in [-0.2, 0) is 0 Å². The summed E-state index contributed by atoms with van der Waals surface area (Å²) in [6.07, 6.45) is 0.881. The first-order valence-electron chi connectivity index (χ1n) is 7.25. The van der Waals surface area contributed by atoms with Gasteiger partial charge in [-0.3, -0.25) is 4.79 Å². The molecule has 0 saturated heterocycles. The van der Waals surface area contributed by atoms with Crippen molar-refractivity contribution in [2.75, 3.05) is 24.2 Å². The van der Waals surface area contributed by atoms with Gasteiger partial charge in [0.1, 0.15) is 10.7 Å². The summed E-state index contributed by atoms with van der Waals surface area (Å²) in [7, 11) is 1.93. The molecule has 0 unspecified atom stereocenters. The van der Waals surface area contributed by atoms with Gasteiger partial charge >= 0.3 is 0 Å². The van der Waals surface area contributed by atoms with Crippen molar-refractivity contribution in [2.45, 2.75) is 53.5 Å². The van der Waals surface area contributed by atoms with E-state index < -0.39 is 0 Å². The molecule has 3 N–H and O–H groups in total. The van der Waals surface area contributed by atoms with E-state index in [1.54, 1.807) is 0 Å². The predicted octanol–water partition coefficient (Wildman–Crippen LogP) is 3.13. The van der Waals surface area contributed by atoms with Crippen LogP contribution in [0.4, 0.5) is 10.9 Å². The van der Waals surface area contributed by atoms with E-state index in [1.807, 2.05) is 32.7 Å². The zero-order chi connectivity index (χ0) is 16.4. The molecule has 1 aromatic rings. The third kappa shape index (κ3) is 5.19. The van der Waals surface area contributed by atoms with Crippen LogP contribution in [0.3, 0.4) is 0 Å². The highest BCUT2D eigenvalue weighted by Crippen LogP contribution is 2.30. The van der Waals surface area contributed by atoms with Crippen LogP contribution in [-0.4, -0.2) is 30.0 Å². The second-order valence-electron chi connectivity index (χ2n) is 7.30. The lowest BCUT2D eigenvalue weighted by Crippen LogP contribution is -2.45. The third-order valence-electron chi connectivity index (χ3n) is 3.07. The van der Waals surface area contributed by atoms with Crippen molar-refractivity contribution in [3.8, 4) is 0 Å². The second-order valence-corrected chi connectivity index (χ2v) is 8.28. The Balaban J connectivity index is 2.87. The van der Waals surface area contributed by atoms with Gasteiger partial charge < -0.3 is 16.0 Å². The van der Waals surface area contributed by atoms with Crippen LogP contribution in [0.2, 0.25) is 0 Å². The molecule has 1 amide bonds. The minimum absolute atomic E-state index is 0.142. The van der Waals surface area contributed by atoms with Crippen LogP contribution in [0.1, 0.15) is 57.6 Å². The van der Waals surface area contributed by atoms with E-state index in [-0.39, 0.29) is 16.9 Å². The van der Waals surface area contributed by atoms with Gasteiger partial charge in [-0.25, -0.2) is 4.98 Å². The minimum Gasteiger partial charge on any atom is -0.382 e. The number of aromatic nitrogens is 1. The number of anilines is 2. The Morgan fingerprint density at radius 1 is 1.33 bits per heavy atom. The van der Waals surface area contributed by atoms with E-state index in [4.69, 9.17) is 5.73 Å². The molecule has 0 atom stereocenters. The Hall–Kier alpha value is -1.30. The van der Waals surface area contributed by atoms with Crippen LogP contribution in [0, 0.1) is 5.41 Å². The van der Waals surface area contributed by atoms with E-state index >= 15 is 0 Å². The summed E-state index contributed by atoms with van der Waals surface area (Å²) in [4.78, 5) is 19.2. The first-order chi connectivity index (χ1) is 9.45. The standard InChI is InChI=1S/C15H28N4OS/c1-8-19(7)13-17-11(16)10(21-13)12(20)18-15(5,6)9-14(2,3)4/h8-9,16H2,1-7H3,(H,18,20). The zero-order valence-electron chi connectivity index (χ0n) is 14.2. The number of hydrogen-bond acceptors (Lipinski definition) is 5. The number of thiazole rings is 1. The van der Waals surface area contributed by atoms with Gasteiger partial charge in [0.15, 0.2) is 5.13 Å². The Morgan fingerprint density at radius 2 is 1.90 bits per heavy atom. The van der Waals surface area contributed by atoms with Crippen LogP contribution in [0.5, 0.6) is 0 Å². The molecule has 1 aromatic heterocycles. The lowest BCUT2D eigenvalue weighted by Gasteiger charge is -2.33. The summed E-state index contributed by atoms with van der Waals surface area (Å²) >= 11 is 1.34. The topological polar surface area (TPSA) is 71.2 Å². The summed E-state index contributed by atoms with van der Waals surface area (Å²) in [5.41, 5.74) is 5.75. The molecule has 0 aliphatic heterocycles. The van der Waals surface area contributed by atoms with Gasteiger partial charge in [-0.05, 0) is 32.6 Å². The number of amides is 1. The number of carbonyl (C=O) groups is 1. The van der Waals surface area contributed by atoms with Crippen molar-refractivity contribution in [2.24, 2.45) is 5.41 Å². The summed E-state index contributed by atoms with van der Waals surface area (Å²) in [6, 6.07) is 0. The molecule has 0 saturated carbocycles. The maximum atomic E-state index is 12.5. The normalized spacial score (nSPS) is 12.3. The fraction of sp³-hybridized carbons (Fsp3) is 0.733. The summed E-state index contributed by atoms with van der Waals surface area (Å²) in [5.74, 6) is 0.161. The molecule has 5 nitrogen and oxygen atoms in total. The summed E-state index contributed by atoms with van der Waals surface area (Å²) < 4.78 is 0. The van der Waals surface area contributed by atoms with Crippen molar-refractivity contribution >= 4 is 28.2 Å². The van der Waals surface area contributed by atoms with Gasteiger partial charge in [0.25, 0.3) is 5.91 Å². The second kappa shape index (κ2) is 6.22. The Labute approximate surface area is 131 Å². The largest absolute Gasteiger partial charge is 0.382 e. The molecular formula is C15H28N4OS. The molecule has 0 spiro atoms. The first kappa shape index (κ1) is 17.8. The van der Waals surface area contributed by atoms with Gasteiger partial charge in [-0.15, -0.1) is 0 Å². The van der Waals surface area contributed by atoms with Gasteiger partial charge in [-0.2, -0.15) is 0 Å². The number of nitrogen functional groups attached to an aromatic ring is 1. The van der Waals surface area contributed by atoms with E-state index in [0.717, 1.165) is 18.1 Å². The zero-order valence-corrected chi connectivity index (χ0v) is 15.0. The number of nitrogens with two attached hydrogens (primary N) is 1. The van der Waals surface area contributed by atoms with Crippen LogP contribution in [0.25, 0.3) is 0 Å². The van der Waals surface area contributed by atoms with Crippen molar-refractivity contribution in [1.29, 1.82) is 0 Å². The lowest BCUT2D eigenvalue weighted by atomic mass is 9.82. The lowest BCUT2D eigenvalue weighted by molar-refractivity contribution is 0.0896. The monoisotopic (exact) mass is 312 g/mol. The van der Waals surface area contributed by atoms with E-state index in [2.05, 4.69) is 31.1 Å². The SMILES string of the molecule is CCN(C)c1nc(N)c(C(=O)NC(C)(C)CC(C)(C)C)s1. The van der Waals surface area contributed by atoms with Crippen molar-refractivity contribution in [1.82, 2.24) is 10.3 Å². The molecule has 0 aromatic carbocycles. The van der Waals surface area contributed by atoms with E-state index in [0.29, 0.717) is 10.7 Å². The molecule has 0 bridgehead atoms. The van der Waals surface area contributed by atoms with E-state index in [1.165, 1.54) is 11.3 Å².